The Balaban J connectivity index is 2.35. The van der Waals surface area contributed by atoms with Crippen molar-refractivity contribution in [1.29, 1.82) is 0 Å². The molecule has 0 bridgehead atoms. The summed E-state index contributed by atoms with van der Waals surface area (Å²) in [5, 5.41) is 13.4. The van der Waals surface area contributed by atoms with E-state index in [0.29, 0.717) is 19.2 Å². The van der Waals surface area contributed by atoms with Crippen molar-refractivity contribution in [2.24, 2.45) is 0 Å². The van der Waals surface area contributed by atoms with Gasteiger partial charge in [-0.3, -0.25) is 0 Å². The maximum atomic E-state index is 9.99. The van der Waals surface area contributed by atoms with Crippen molar-refractivity contribution in [2.45, 2.75) is 39.3 Å². The molecule has 0 aliphatic rings. The summed E-state index contributed by atoms with van der Waals surface area (Å²) >= 11 is 1.82. The van der Waals surface area contributed by atoms with Crippen molar-refractivity contribution in [1.82, 2.24) is 5.32 Å². The van der Waals surface area contributed by atoms with E-state index < -0.39 is 6.10 Å². The zero-order valence-corrected chi connectivity index (χ0v) is 13.8. The van der Waals surface area contributed by atoms with Gasteiger partial charge in [-0.1, -0.05) is 19.1 Å². The lowest BCUT2D eigenvalue weighted by atomic mass is 10.1. The lowest BCUT2D eigenvalue weighted by molar-refractivity contribution is 0.104. The third kappa shape index (κ3) is 6.16. The number of hydrogen-bond acceptors (Lipinski definition) is 4. The van der Waals surface area contributed by atoms with Gasteiger partial charge in [0.05, 0.1) is 0 Å². The summed E-state index contributed by atoms with van der Waals surface area (Å²) in [5.74, 6) is 1.93. The summed E-state index contributed by atoms with van der Waals surface area (Å²) in [6.07, 6.45) is 2.70. The predicted molar refractivity (Wildman–Crippen MR) is 87.9 cm³/mol. The van der Waals surface area contributed by atoms with E-state index in [1.54, 1.807) is 0 Å². The second-order valence-electron chi connectivity index (χ2n) is 5.20. The number of hydrogen-bond donors (Lipinski definition) is 2. The molecule has 0 fully saturated rings. The molecule has 114 valence electrons. The molecule has 0 amide bonds. The minimum absolute atomic E-state index is 0.326. The van der Waals surface area contributed by atoms with E-state index in [4.69, 9.17) is 4.74 Å². The summed E-state index contributed by atoms with van der Waals surface area (Å²) in [6, 6.07) is 6.58. The lowest BCUT2D eigenvalue weighted by Crippen LogP contribution is -2.39. The van der Waals surface area contributed by atoms with Crippen LogP contribution in [0, 0.1) is 13.8 Å². The molecule has 3 nitrogen and oxygen atoms in total. The van der Waals surface area contributed by atoms with Crippen LogP contribution >= 0.6 is 11.8 Å². The number of ether oxygens (including phenoxy) is 1. The van der Waals surface area contributed by atoms with Crippen molar-refractivity contribution in [3.8, 4) is 5.75 Å². The lowest BCUT2D eigenvalue weighted by Gasteiger charge is -2.19. The van der Waals surface area contributed by atoms with E-state index in [-0.39, 0.29) is 0 Å². The summed E-state index contributed by atoms with van der Waals surface area (Å²) in [4.78, 5) is 0. The Hall–Kier alpha value is -0.710. The number of thioether (sulfide) groups is 1. The van der Waals surface area contributed by atoms with E-state index in [0.717, 1.165) is 23.5 Å². The molecule has 2 N–H and O–H groups in total. The molecule has 4 heteroatoms. The molecular formula is C16H27NO2S. The zero-order chi connectivity index (χ0) is 15.0. The number of nitrogens with one attached hydrogen (secondary N) is 1. The maximum absolute atomic E-state index is 9.99. The Labute approximate surface area is 127 Å². The number of benzene rings is 1. The molecule has 0 saturated heterocycles. The average Bonchev–Trinajstić information content (AvgIpc) is 2.44. The second kappa shape index (κ2) is 9.27. The topological polar surface area (TPSA) is 41.5 Å². The van der Waals surface area contributed by atoms with Crippen molar-refractivity contribution >= 4 is 11.8 Å². The molecule has 1 rings (SSSR count). The first kappa shape index (κ1) is 17.3. The Morgan fingerprint density at radius 2 is 2.10 bits per heavy atom. The fourth-order valence-electron chi connectivity index (χ4n) is 1.93. The van der Waals surface area contributed by atoms with Crippen LogP contribution in [0.2, 0.25) is 0 Å². The number of aryl methyl sites for hydroxylation is 2. The average molecular weight is 297 g/mol. The highest BCUT2D eigenvalue weighted by atomic mass is 32.2. The van der Waals surface area contributed by atoms with Crippen LogP contribution in [-0.4, -0.2) is 42.4 Å². The van der Waals surface area contributed by atoms with Gasteiger partial charge in [-0.2, -0.15) is 11.8 Å². The van der Waals surface area contributed by atoms with Gasteiger partial charge in [0.25, 0.3) is 0 Å². The predicted octanol–water partition coefficient (Wildman–Crippen LogP) is 2.77. The van der Waals surface area contributed by atoms with Gasteiger partial charge in [0, 0.05) is 18.3 Å². The van der Waals surface area contributed by atoms with E-state index in [1.165, 1.54) is 5.56 Å². The third-order valence-corrected chi connectivity index (χ3v) is 4.01. The Bertz CT molecular complexity index is 398. The van der Waals surface area contributed by atoms with Crippen LogP contribution in [0.15, 0.2) is 18.2 Å². The minimum atomic E-state index is -0.481. The van der Waals surface area contributed by atoms with Crippen LogP contribution in [-0.2, 0) is 0 Å². The van der Waals surface area contributed by atoms with Crippen LogP contribution in [0.4, 0.5) is 0 Å². The smallest absolute Gasteiger partial charge is 0.122 e. The second-order valence-corrected chi connectivity index (χ2v) is 6.11. The molecule has 0 spiro atoms. The standard InChI is InChI=1S/C16H27NO2S/c1-5-14(11-20-4)17-9-15(18)10-19-16-8-12(2)6-7-13(16)3/h6-8,14-15,17-18H,5,9-11H2,1-4H3. The number of aliphatic hydroxyl groups excluding tert-OH is 1. The van der Waals surface area contributed by atoms with E-state index in [9.17, 15) is 5.11 Å². The fourth-order valence-corrected chi connectivity index (χ4v) is 2.69. The molecule has 0 heterocycles. The van der Waals surface area contributed by atoms with Gasteiger partial charge in [-0.25, -0.2) is 0 Å². The van der Waals surface area contributed by atoms with Crippen LogP contribution < -0.4 is 10.1 Å². The van der Waals surface area contributed by atoms with Crippen molar-refractivity contribution in [3.05, 3.63) is 29.3 Å². The SMILES string of the molecule is CCC(CSC)NCC(O)COc1cc(C)ccc1C. The summed E-state index contributed by atoms with van der Waals surface area (Å²) in [5.41, 5.74) is 2.27. The molecule has 2 unspecified atom stereocenters. The van der Waals surface area contributed by atoms with Crippen LogP contribution in [0.5, 0.6) is 5.75 Å². The number of aliphatic hydroxyl groups is 1. The summed E-state index contributed by atoms with van der Waals surface area (Å²) in [6.45, 7) is 7.12. The molecule has 1 aromatic rings. The molecule has 0 aliphatic heterocycles. The molecular weight excluding hydrogens is 270 g/mol. The van der Waals surface area contributed by atoms with Gasteiger partial charge in [-0.05, 0) is 43.7 Å². The molecule has 0 saturated carbocycles. The molecule has 0 radical (unpaired) electrons. The quantitative estimate of drug-likeness (QED) is 0.735. The molecule has 2 atom stereocenters. The van der Waals surface area contributed by atoms with Crippen molar-refractivity contribution < 1.29 is 9.84 Å². The van der Waals surface area contributed by atoms with Gasteiger partial charge < -0.3 is 15.2 Å². The van der Waals surface area contributed by atoms with Gasteiger partial charge in [0.2, 0.25) is 0 Å². The van der Waals surface area contributed by atoms with E-state index in [1.807, 2.05) is 37.7 Å². The van der Waals surface area contributed by atoms with Crippen LogP contribution in [0.25, 0.3) is 0 Å². The van der Waals surface area contributed by atoms with Crippen LogP contribution in [0.1, 0.15) is 24.5 Å². The first-order valence-corrected chi connectivity index (χ1v) is 8.56. The van der Waals surface area contributed by atoms with Crippen LogP contribution in [0.3, 0.4) is 0 Å². The fraction of sp³-hybridized carbons (Fsp3) is 0.625. The highest BCUT2D eigenvalue weighted by Crippen LogP contribution is 2.19. The Morgan fingerprint density at radius 3 is 2.75 bits per heavy atom. The highest BCUT2D eigenvalue weighted by molar-refractivity contribution is 7.98. The molecule has 20 heavy (non-hydrogen) atoms. The third-order valence-electron chi connectivity index (χ3n) is 3.28. The van der Waals surface area contributed by atoms with Gasteiger partial charge in [0.1, 0.15) is 18.5 Å². The minimum Gasteiger partial charge on any atom is -0.491 e. The largest absolute Gasteiger partial charge is 0.491 e. The molecule has 1 aromatic carbocycles. The Morgan fingerprint density at radius 1 is 1.35 bits per heavy atom. The van der Waals surface area contributed by atoms with Gasteiger partial charge in [0.15, 0.2) is 0 Å². The highest BCUT2D eigenvalue weighted by Gasteiger charge is 2.10. The van der Waals surface area contributed by atoms with Gasteiger partial charge in [-0.15, -0.1) is 0 Å². The molecule has 0 aromatic heterocycles. The van der Waals surface area contributed by atoms with Crippen molar-refractivity contribution in [2.75, 3.05) is 25.2 Å². The molecule has 0 aliphatic carbocycles. The maximum Gasteiger partial charge on any atom is 0.122 e. The first-order valence-electron chi connectivity index (χ1n) is 7.17. The monoisotopic (exact) mass is 297 g/mol. The summed E-state index contributed by atoms with van der Waals surface area (Å²) in [7, 11) is 0. The Kier molecular flexibility index (Phi) is 8.04. The van der Waals surface area contributed by atoms with E-state index >= 15 is 0 Å². The van der Waals surface area contributed by atoms with E-state index in [2.05, 4.69) is 24.6 Å². The zero-order valence-electron chi connectivity index (χ0n) is 13.0. The van der Waals surface area contributed by atoms with Crippen molar-refractivity contribution in [3.63, 3.8) is 0 Å². The van der Waals surface area contributed by atoms with Gasteiger partial charge >= 0.3 is 0 Å². The first-order chi connectivity index (χ1) is 9.56. The number of rotatable bonds is 9. The summed E-state index contributed by atoms with van der Waals surface area (Å²) < 4.78 is 5.71. The normalized spacial score (nSPS) is 14.1.